The average Bonchev–Trinajstić information content (AvgIpc) is 3.39. The SMILES string of the molecule is Cc1cc(C)cc(NC(=O)Cn2c(CCCNC(=O)C3CCCO3)nc3ccccc32)c1. The Kier molecular flexibility index (Phi) is 6.85. The number of benzene rings is 2. The zero-order valence-corrected chi connectivity index (χ0v) is 18.7. The summed E-state index contributed by atoms with van der Waals surface area (Å²) in [7, 11) is 0. The van der Waals surface area contributed by atoms with Crippen LogP contribution in [0.1, 0.15) is 36.2 Å². The second-order valence-corrected chi connectivity index (χ2v) is 8.42. The molecule has 168 valence electrons. The number of carbonyl (C=O) groups is 2. The zero-order chi connectivity index (χ0) is 22.5. The summed E-state index contributed by atoms with van der Waals surface area (Å²) >= 11 is 0. The van der Waals surface area contributed by atoms with Crippen molar-refractivity contribution < 1.29 is 14.3 Å². The van der Waals surface area contributed by atoms with Crippen LogP contribution in [0.25, 0.3) is 11.0 Å². The van der Waals surface area contributed by atoms with Gasteiger partial charge in [-0.15, -0.1) is 0 Å². The molecule has 4 rings (SSSR count). The van der Waals surface area contributed by atoms with Gasteiger partial charge in [-0.2, -0.15) is 0 Å². The Morgan fingerprint density at radius 2 is 1.94 bits per heavy atom. The standard InChI is InChI=1S/C25H30N4O3/c1-17-13-18(2)15-19(14-17)27-24(30)16-29-21-8-4-3-7-20(21)28-23(29)10-5-11-26-25(31)22-9-6-12-32-22/h3-4,7-8,13-15,22H,5-6,9-12,16H2,1-2H3,(H,26,31)(H,27,30). The molecule has 1 aromatic heterocycles. The Bertz CT molecular complexity index is 1100. The lowest BCUT2D eigenvalue weighted by atomic mass is 10.1. The van der Waals surface area contributed by atoms with Gasteiger partial charge < -0.3 is 19.9 Å². The van der Waals surface area contributed by atoms with E-state index in [1.165, 1.54) is 0 Å². The second-order valence-electron chi connectivity index (χ2n) is 8.42. The van der Waals surface area contributed by atoms with Gasteiger partial charge in [0.2, 0.25) is 11.8 Å². The maximum Gasteiger partial charge on any atom is 0.249 e. The number of ether oxygens (including phenoxy) is 1. The molecule has 1 fully saturated rings. The highest BCUT2D eigenvalue weighted by atomic mass is 16.5. The summed E-state index contributed by atoms with van der Waals surface area (Å²) in [5, 5.41) is 5.96. The van der Waals surface area contributed by atoms with E-state index >= 15 is 0 Å². The van der Waals surface area contributed by atoms with Gasteiger partial charge in [0.05, 0.1) is 11.0 Å². The second kappa shape index (κ2) is 9.96. The van der Waals surface area contributed by atoms with Crippen LogP contribution in [0, 0.1) is 13.8 Å². The first kappa shape index (κ1) is 22.0. The molecule has 1 atom stereocenters. The number of aryl methyl sites for hydroxylation is 3. The molecule has 0 aliphatic carbocycles. The van der Waals surface area contributed by atoms with Gasteiger partial charge in [-0.3, -0.25) is 9.59 Å². The lowest BCUT2D eigenvalue weighted by molar-refractivity contribution is -0.130. The third-order valence-corrected chi connectivity index (χ3v) is 5.64. The van der Waals surface area contributed by atoms with E-state index in [2.05, 4.69) is 16.7 Å². The number of hydrogen-bond acceptors (Lipinski definition) is 4. The number of hydrogen-bond donors (Lipinski definition) is 2. The quantitative estimate of drug-likeness (QED) is 0.531. The van der Waals surface area contributed by atoms with E-state index < -0.39 is 0 Å². The maximum atomic E-state index is 12.8. The number of carbonyl (C=O) groups excluding carboxylic acids is 2. The minimum atomic E-state index is -0.312. The number of amides is 2. The van der Waals surface area contributed by atoms with Gasteiger partial charge in [0.25, 0.3) is 0 Å². The number of para-hydroxylation sites is 2. The highest BCUT2D eigenvalue weighted by molar-refractivity contribution is 5.92. The highest BCUT2D eigenvalue weighted by Crippen LogP contribution is 2.19. The Hall–Kier alpha value is -3.19. The minimum absolute atomic E-state index is 0.0381. The number of anilines is 1. The van der Waals surface area contributed by atoms with Crippen molar-refractivity contribution in [1.82, 2.24) is 14.9 Å². The van der Waals surface area contributed by atoms with Crippen LogP contribution in [0.2, 0.25) is 0 Å². The fraction of sp³-hybridized carbons (Fsp3) is 0.400. The van der Waals surface area contributed by atoms with Crippen LogP contribution < -0.4 is 10.6 Å². The van der Waals surface area contributed by atoms with Crippen LogP contribution in [-0.2, 0) is 27.3 Å². The van der Waals surface area contributed by atoms with E-state index in [0.717, 1.165) is 52.9 Å². The summed E-state index contributed by atoms with van der Waals surface area (Å²) in [5.74, 6) is 0.711. The molecule has 1 unspecified atom stereocenters. The Morgan fingerprint density at radius 1 is 1.16 bits per heavy atom. The van der Waals surface area contributed by atoms with Crippen molar-refractivity contribution in [1.29, 1.82) is 0 Å². The number of aromatic nitrogens is 2. The number of rotatable bonds is 8. The van der Waals surface area contributed by atoms with Crippen LogP contribution in [0.3, 0.4) is 0 Å². The molecule has 2 N–H and O–H groups in total. The van der Waals surface area contributed by atoms with E-state index in [4.69, 9.17) is 9.72 Å². The molecule has 1 saturated heterocycles. The largest absolute Gasteiger partial charge is 0.368 e. The molecular formula is C25H30N4O3. The van der Waals surface area contributed by atoms with E-state index in [1.807, 2.05) is 54.8 Å². The van der Waals surface area contributed by atoms with Crippen molar-refractivity contribution >= 4 is 28.5 Å². The fourth-order valence-electron chi connectivity index (χ4n) is 4.24. The summed E-state index contributed by atoms with van der Waals surface area (Å²) < 4.78 is 7.39. The molecule has 0 bridgehead atoms. The molecule has 1 aliphatic rings. The number of nitrogens with zero attached hydrogens (tertiary/aromatic N) is 2. The monoisotopic (exact) mass is 434 g/mol. The lowest BCUT2D eigenvalue weighted by Gasteiger charge is -2.12. The summed E-state index contributed by atoms with van der Waals surface area (Å²) in [4.78, 5) is 29.7. The van der Waals surface area contributed by atoms with E-state index in [0.29, 0.717) is 19.6 Å². The van der Waals surface area contributed by atoms with Crippen molar-refractivity contribution in [2.45, 2.75) is 52.2 Å². The first-order valence-corrected chi connectivity index (χ1v) is 11.2. The van der Waals surface area contributed by atoms with E-state index in [1.54, 1.807) is 0 Å². The molecule has 2 amide bonds. The van der Waals surface area contributed by atoms with Crippen LogP contribution >= 0.6 is 0 Å². The number of nitrogens with one attached hydrogen (secondary N) is 2. The van der Waals surface area contributed by atoms with Crippen molar-refractivity contribution in [3.8, 4) is 0 Å². The molecule has 0 radical (unpaired) electrons. The first-order chi connectivity index (χ1) is 15.5. The van der Waals surface area contributed by atoms with Crippen molar-refractivity contribution in [2.24, 2.45) is 0 Å². The normalized spacial score (nSPS) is 15.8. The van der Waals surface area contributed by atoms with Gasteiger partial charge >= 0.3 is 0 Å². The number of fused-ring (bicyclic) bond motifs is 1. The predicted molar refractivity (Wildman–Crippen MR) is 125 cm³/mol. The Labute approximate surface area is 188 Å². The number of imidazole rings is 1. The van der Waals surface area contributed by atoms with Crippen LogP contribution in [0.15, 0.2) is 42.5 Å². The molecular weight excluding hydrogens is 404 g/mol. The fourth-order valence-corrected chi connectivity index (χ4v) is 4.24. The predicted octanol–water partition coefficient (Wildman–Crippen LogP) is 3.52. The maximum absolute atomic E-state index is 12.8. The Morgan fingerprint density at radius 3 is 2.69 bits per heavy atom. The summed E-state index contributed by atoms with van der Waals surface area (Å²) in [6.45, 7) is 5.43. The van der Waals surface area contributed by atoms with Crippen LogP contribution in [-0.4, -0.2) is 40.6 Å². The van der Waals surface area contributed by atoms with Crippen LogP contribution in [0.4, 0.5) is 5.69 Å². The van der Waals surface area contributed by atoms with Gasteiger partial charge in [0.15, 0.2) is 0 Å². The summed E-state index contributed by atoms with van der Waals surface area (Å²) in [5.41, 5.74) is 4.82. The molecule has 7 heteroatoms. The third-order valence-electron chi connectivity index (χ3n) is 5.64. The van der Waals surface area contributed by atoms with Gasteiger partial charge in [0, 0.05) is 25.3 Å². The smallest absolute Gasteiger partial charge is 0.249 e. The van der Waals surface area contributed by atoms with Gasteiger partial charge in [-0.1, -0.05) is 18.2 Å². The molecule has 32 heavy (non-hydrogen) atoms. The van der Waals surface area contributed by atoms with Crippen molar-refractivity contribution in [3.63, 3.8) is 0 Å². The van der Waals surface area contributed by atoms with Gasteiger partial charge in [-0.25, -0.2) is 4.98 Å². The minimum Gasteiger partial charge on any atom is -0.368 e. The molecule has 0 saturated carbocycles. The lowest BCUT2D eigenvalue weighted by Crippen LogP contribution is -2.34. The molecule has 2 aromatic carbocycles. The topological polar surface area (TPSA) is 85.2 Å². The van der Waals surface area contributed by atoms with E-state index in [-0.39, 0.29) is 24.5 Å². The van der Waals surface area contributed by atoms with Gasteiger partial charge in [-0.05, 0) is 68.5 Å². The molecule has 2 heterocycles. The molecule has 0 spiro atoms. The summed E-state index contributed by atoms with van der Waals surface area (Å²) in [6, 6.07) is 13.8. The highest BCUT2D eigenvalue weighted by Gasteiger charge is 2.23. The van der Waals surface area contributed by atoms with Crippen molar-refractivity contribution in [3.05, 3.63) is 59.4 Å². The van der Waals surface area contributed by atoms with E-state index in [9.17, 15) is 9.59 Å². The Balaban J connectivity index is 1.41. The van der Waals surface area contributed by atoms with Gasteiger partial charge in [0.1, 0.15) is 18.5 Å². The average molecular weight is 435 g/mol. The molecule has 7 nitrogen and oxygen atoms in total. The summed E-state index contributed by atoms with van der Waals surface area (Å²) in [6.07, 6.45) is 2.81. The molecule has 3 aromatic rings. The zero-order valence-electron chi connectivity index (χ0n) is 18.7. The first-order valence-electron chi connectivity index (χ1n) is 11.2. The third kappa shape index (κ3) is 5.34. The van der Waals surface area contributed by atoms with Crippen LogP contribution in [0.5, 0.6) is 0 Å². The van der Waals surface area contributed by atoms with Crippen molar-refractivity contribution in [2.75, 3.05) is 18.5 Å². The molecule has 1 aliphatic heterocycles.